The first-order chi connectivity index (χ1) is 10.1. The number of alkyl halides is 3. The lowest BCUT2D eigenvalue weighted by Gasteiger charge is -2.12. The number of hydrogen-bond donors (Lipinski definition) is 1. The molecule has 1 atom stereocenters. The molecule has 0 radical (unpaired) electrons. The van der Waals surface area contributed by atoms with E-state index in [1.54, 1.807) is 6.92 Å². The van der Waals surface area contributed by atoms with E-state index in [9.17, 15) is 17.4 Å². The van der Waals surface area contributed by atoms with Crippen molar-refractivity contribution >= 4 is 31.0 Å². The van der Waals surface area contributed by atoms with Gasteiger partial charge in [-0.25, -0.2) is 9.19 Å². The van der Waals surface area contributed by atoms with Crippen molar-refractivity contribution < 1.29 is 17.4 Å². The number of aromatic nitrogens is 2. The fourth-order valence-corrected chi connectivity index (χ4v) is 3.94. The molecule has 2 aromatic rings. The van der Waals surface area contributed by atoms with Gasteiger partial charge in [0.25, 0.3) is 0 Å². The maximum absolute atomic E-state index is 12.7. The van der Waals surface area contributed by atoms with Gasteiger partial charge in [0, 0.05) is 28.3 Å². The van der Waals surface area contributed by atoms with Gasteiger partial charge in [-0.15, -0.1) is 11.3 Å². The number of nitrogens with zero attached hydrogens (tertiary/aromatic N) is 2. The highest BCUT2D eigenvalue weighted by Crippen LogP contribution is 2.27. The summed E-state index contributed by atoms with van der Waals surface area (Å²) in [4.78, 5) is 7.97. The van der Waals surface area contributed by atoms with Gasteiger partial charge in [0.2, 0.25) is 0 Å². The molecule has 1 unspecified atom stereocenters. The summed E-state index contributed by atoms with van der Waals surface area (Å²) in [7, 11) is -2.66. The molecule has 0 aliphatic heterocycles. The van der Waals surface area contributed by atoms with Crippen LogP contribution in [-0.2, 0) is 15.9 Å². The number of thiazole rings is 1. The average molecular weight is 349 g/mol. The fraction of sp³-hybridized carbons (Fsp3) is 0.308. The van der Waals surface area contributed by atoms with E-state index in [2.05, 4.69) is 14.7 Å². The predicted octanol–water partition coefficient (Wildman–Crippen LogP) is 3.35. The zero-order chi connectivity index (χ0) is 16.5. The summed E-state index contributed by atoms with van der Waals surface area (Å²) in [6.07, 6.45) is -1.93. The van der Waals surface area contributed by atoms with E-state index in [1.807, 2.05) is 12.3 Å². The lowest BCUT2D eigenvalue weighted by Crippen LogP contribution is -2.20. The van der Waals surface area contributed by atoms with E-state index in [0.717, 1.165) is 18.0 Å². The minimum atomic E-state index is -4.49. The number of aryl methyl sites for hydroxylation is 1. The van der Waals surface area contributed by atoms with Crippen LogP contribution in [0.5, 0.6) is 0 Å². The maximum atomic E-state index is 12.7. The molecule has 1 N–H and O–H groups in total. The SMILES string of the molecule is CC(c1ccc(C(F)(F)F)nc1)=S(C)(=O)Nc1nc(C)cs1. The maximum Gasteiger partial charge on any atom is 0.433 e. The molecule has 22 heavy (non-hydrogen) atoms. The number of pyridine rings is 1. The van der Waals surface area contributed by atoms with Gasteiger partial charge in [-0.2, -0.15) is 13.2 Å². The molecule has 2 heterocycles. The topological polar surface area (TPSA) is 54.9 Å². The number of nitrogens with one attached hydrogen (secondary N) is 1. The molecular formula is C13H14F3N3OS2. The largest absolute Gasteiger partial charge is 0.433 e. The summed E-state index contributed by atoms with van der Waals surface area (Å²) in [5.41, 5.74) is 0.216. The summed E-state index contributed by atoms with van der Waals surface area (Å²) in [5.74, 6) is 0. The highest BCUT2D eigenvalue weighted by Gasteiger charge is 2.32. The monoisotopic (exact) mass is 349 g/mol. The third kappa shape index (κ3) is 3.77. The van der Waals surface area contributed by atoms with Gasteiger partial charge >= 0.3 is 6.18 Å². The summed E-state index contributed by atoms with van der Waals surface area (Å²) < 4.78 is 53.0. The molecule has 0 fully saturated rings. The Kier molecular flexibility index (Phi) is 4.48. The van der Waals surface area contributed by atoms with E-state index in [4.69, 9.17) is 0 Å². The van der Waals surface area contributed by atoms with Gasteiger partial charge in [0.15, 0.2) is 5.13 Å². The van der Waals surface area contributed by atoms with Crippen molar-refractivity contribution in [2.45, 2.75) is 20.0 Å². The van der Waals surface area contributed by atoms with Crippen LogP contribution in [-0.4, -0.2) is 25.3 Å². The third-order valence-electron chi connectivity index (χ3n) is 2.95. The van der Waals surface area contributed by atoms with E-state index in [1.165, 1.54) is 23.7 Å². The molecule has 4 nitrogen and oxygen atoms in total. The average Bonchev–Trinajstić information content (AvgIpc) is 2.81. The van der Waals surface area contributed by atoms with Crippen LogP contribution in [0.4, 0.5) is 18.3 Å². The Morgan fingerprint density at radius 2 is 2.05 bits per heavy atom. The van der Waals surface area contributed by atoms with Gasteiger partial charge < -0.3 is 0 Å². The molecule has 0 saturated carbocycles. The number of halogens is 3. The van der Waals surface area contributed by atoms with Crippen molar-refractivity contribution in [1.82, 2.24) is 9.97 Å². The van der Waals surface area contributed by atoms with Crippen LogP contribution >= 0.6 is 11.3 Å². The molecule has 2 rings (SSSR count). The summed E-state index contributed by atoms with van der Waals surface area (Å²) in [6, 6.07) is 2.14. The van der Waals surface area contributed by atoms with E-state index in [-0.39, 0.29) is 0 Å². The Bertz CT molecular complexity index is 788. The first-order valence-electron chi connectivity index (χ1n) is 6.16. The Morgan fingerprint density at radius 3 is 2.50 bits per heavy atom. The van der Waals surface area contributed by atoms with Crippen LogP contribution in [0.25, 0.3) is 0 Å². The molecule has 0 aromatic carbocycles. The van der Waals surface area contributed by atoms with Crippen LogP contribution in [0.2, 0.25) is 0 Å². The smallest absolute Gasteiger partial charge is 0.288 e. The third-order valence-corrected chi connectivity index (χ3v) is 5.94. The zero-order valence-corrected chi connectivity index (χ0v) is 13.7. The molecule has 0 aliphatic carbocycles. The lowest BCUT2D eigenvalue weighted by molar-refractivity contribution is -0.141. The molecule has 0 aliphatic rings. The van der Waals surface area contributed by atoms with Crippen molar-refractivity contribution in [3.8, 4) is 0 Å². The minimum absolute atomic E-state index is 0.390. The highest BCUT2D eigenvalue weighted by atomic mass is 32.2. The van der Waals surface area contributed by atoms with E-state index < -0.39 is 21.6 Å². The quantitative estimate of drug-likeness (QED) is 0.683. The van der Waals surface area contributed by atoms with Crippen molar-refractivity contribution in [2.75, 3.05) is 11.0 Å². The molecule has 2 aromatic heterocycles. The fourth-order valence-electron chi connectivity index (χ4n) is 1.64. The second-order valence-corrected chi connectivity index (χ2v) is 8.09. The van der Waals surface area contributed by atoms with E-state index >= 15 is 0 Å². The Morgan fingerprint density at radius 1 is 1.36 bits per heavy atom. The molecule has 0 bridgehead atoms. The second kappa shape index (κ2) is 5.88. The lowest BCUT2D eigenvalue weighted by atomic mass is 10.2. The van der Waals surface area contributed by atoms with Crippen LogP contribution < -0.4 is 4.72 Å². The van der Waals surface area contributed by atoms with Crippen LogP contribution in [0, 0.1) is 6.92 Å². The molecule has 9 heteroatoms. The minimum Gasteiger partial charge on any atom is -0.288 e. The molecular weight excluding hydrogens is 335 g/mol. The number of rotatable bonds is 3. The van der Waals surface area contributed by atoms with Crippen LogP contribution in [0.15, 0.2) is 23.7 Å². The van der Waals surface area contributed by atoms with Crippen molar-refractivity contribution in [1.29, 1.82) is 0 Å². The molecule has 0 saturated heterocycles. The zero-order valence-electron chi connectivity index (χ0n) is 12.1. The number of hydrogen-bond acceptors (Lipinski definition) is 4. The highest BCUT2D eigenvalue weighted by molar-refractivity contribution is 8.03. The Hall–Kier alpha value is -1.61. The van der Waals surface area contributed by atoms with E-state index in [0.29, 0.717) is 15.6 Å². The summed E-state index contributed by atoms with van der Waals surface area (Å²) in [6.45, 7) is 3.41. The van der Waals surface area contributed by atoms with Gasteiger partial charge in [0.1, 0.15) is 5.69 Å². The van der Waals surface area contributed by atoms with Gasteiger partial charge in [-0.05, 0) is 19.9 Å². The van der Waals surface area contributed by atoms with Crippen LogP contribution in [0.3, 0.4) is 0 Å². The number of anilines is 1. The van der Waals surface area contributed by atoms with Crippen LogP contribution in [0.1, 0.15) is 23.9 Å². The Balaban J connectivity index is 2.35. The van der Waals surface area contributed by atoms with Crippen molar-refractivity contribution in [3.05, 3.63) is 40.7 Å². The summed E-state index contributed by atoms with van der Waals surface area (Å²) >= 11 is 1.32. The Labute approximate surface area is 130 Å². The first kappa shape index (κ1) is 16.8. The van der Waals surface area contributed by atoms with Gasteiger partial charge in [-0.1, -0.05) is 6.07 Å². The normalized spacial score (nSPS) is 14.5. The molecule has 120 valence electrons. The van der Waals surface area contributed by atoms with Crippen molar-refractivity contribution in [2.24, 2.45) is 0 Å². The standard InChI is InChI=1S/C13H14F3N3OS2/c1-8-7-21-12(18-8)19-22(3,20)9(2)10-4-5-11(17-6-10)13(14,15)16/h4-7H,1-3H3,(H,18,19,20). The predicted molar refractivity (Wildman–Crippen MR) is 83.6 cm³/mol. The van der Waals surface area contributed by atoms with Crippen molar-refractivity contribution in [3.63, 3.8) is 0 Å². The molecule has 0 spiro atoms. The molecule has 0 amide bonds. The summed E-state index contributed by atoms with van der Waals surface area (Å²) in [5, 5.41) is 2.32. The van der Waals surface area contributed by atoms with Gasteiger partial charge in [-0.3, -0.25) is 9.71 Å². The second-order valence-electron chi connectivity index (χ2n) is 4.73. The van der Waals surface area contributed by atoms with Gasteiger partial charge in [0.05, 0.1) is 15.4 Å². The first-order valence-corrected chi connectivity index (χ1v) is 9.00.